The summed E-state index contributed by atoms with van der Waals surface area (Å²) < 4.78 is 3.68. The number of methoxy groups -OCH3 is 1. The van der Waals surface area contributed by atoms with Crippen molar-refractivity contribution in [2.24, 2.45) is 11.3 Å². The molecule has 1 fully saturated rings. The van der Waals surface area contributed by atoms with Gasteiger partial charge in [-0.25, -0.2) is 0 Å². The first-order chi connectivity index (χ1) is 5.35. The molecule has 0 aromatic rings. The van der Waals surface area contributed by atoms with Gasteiger partial charge in [0.25, 0.3) is 0 Å². The summed E-state index contributed by atoms with van der Waals surface area (Å²) in [6, 6.07) is 0. The van der Waals surface area contributed by atoms with Crippen molar-refractivity contribution in [1.29, 1.82) is 0 Å². The molecular weight excluding hydrogens is 199 g/mol. The number of hydrogen-bond donors (Lipinski definition) is 0. The van der Waals surface area contributed by atoms with Gasteiger partial charge in [-0.2, -0.15) is 0 Å². The molecule has 1 saturated carbocycles. The summed E-state index contributed by atoms with van der Waals surface area (Å²) in [5.41, 5.74) is -0.386. The lowest BCUT2D eigenvalue weighted by molar-refractivity contribution is -0.146. The Kier molecular flexibility index (Phi) is 2.45. The third-order valence-electron chi connectivity index (χ3n) is 2.64. The molecule has 0 N–H and O–H groups in total. The van der Waals surface area contributed by atoms with Gasteiger partial charge in [0.1, 0.15) is 0 Å². The van der Waals surface area contributed by atoms with Gasteiger partial charge in [-0.15, -0.1) is 0 Å². The number of ether oxygens (including phenoxy) is 1. The molecule has 0 aromatic heterocycles. The second-order valence-corrected chi connectivity index (χ2v) is 5.00. The molecule has 12 heavy (non-hydrogen) atoms. The van der Waals surface area contributed by atoms with E-state index in [0.29, 0.717) is 6.61 Å². The topological polar surface area (TPSA) is 26.3 Å². The number of Topliss-reactive ketones (excluding diaryl/α,β-unsaturated/α-hetero) is 1. The zero-order valence-electron chi connectivity index (χ0n) is 7.36. The SMILES string of the molecule is COCC1C(=O)C(Cl)(Cl)C1(C)C. The Hall–Kier alpha value is 0.210. The van der Waals surface area contributed by atoms with Crippen LogP contribution in [-0.2, 0) is 9.53 Å². The van der Waals surface area contributed by atoms with Gasteiger partial charge in [0.05, 0.1) is 12.5 Å². The van der Waals surface area contributed by atoms with Gasteiger partial charge in [0.15, 0.2) is 10.1 Å². The molecule has 1 aliphatic carbocycles. The van der Waals surface area contributed by atoms with Gasteiger partial charge in [-0.1, -0.05) is 37.0 Å². The van der Waals surface area contributed by atoms with Crippen molar-refractivity contribution in [3.8, 4) is 0 Å². The van der Waals surface area contributed by atoms with Crippen molar-refractivity contribution in [3.05, 3.63) is 0 Å². The predicted molar refractivity (Wildman–Crippen MR) is 48.6 cm³/mol. The van der Waals surface area contributed by atoms with Gasteiger partial charge >= 0.3 is 0 Å². The van der Waals surface area contributed by atoms with E-state index < -0.39 is 4.33 Å². The molecule has 1 unspecified atom stereocenters. The standard InChI is InChI=1S/C8H12Cl2O2/c1-7(2)5(4-12-3)6(11)8(7,9)10/h5H,4H2,1-3H3. The highest BCUT2D eigenvalue weighted by Crippen LogP contribution is 2.57. The lowest BCUT2D eigenvalue weighted by atomic mass is 9.61. The van der Waals surface area contributed by atoms with Crippen molar-refractivity contribution in [1.82, 2.24) is 0 Å². The van der Waals surface area contributed by atoms with Crippen LogP contribution in [0.4, 0.5) is 0 Å². The Morgan fingerprint density at radius 2 is 2.00 bits per heavy atom. The molecule has 0 amide bonds. The summed E-state index contributed by atoms with van der Waals surface area (Å²) in [5, 5.41) is 0. The van der Waals surface area contributed by atoms with E-state index in [-0.39, 0.29) is 17.1 Å². The molecule has 0 spiro atoms. The van der Waals surface area contributed by atoms with Gasteiger partial charge in [0.2, 0.25) is 0 Å². The van der Waals surface area contributed by atoms with Gasteiger partial charge in [-0.3, -0.25) is 4.79 Å². The molecule has 1 aliphatic rings. The normalized spacial score (nSPS) is 31.4. The maximum Gasteiger partial charge on any atom is 0.182 e. The summed E-state index contributed by atoms with van der Waals surface area (Å²) in [5.74, 6) is -0.296. The quantitative estimate of drug-likeness (QED) is 0.653. The molecule has 0 aliphatic heterocycles. The molecule has 0 saturated heterocycles. The second kappa shape index (κ2) is 2.86. The van der Waals surface area contributed by atoms with Crippen LogP contribution in [0.5, 0.6) is 0 Å². The number of ketones is 1. The van der Waals surface area contributed by atoms with E-state index in [0.717, 1.165) is 0 Å². The fourth-order valence-electron chi connectivity index (χ4n) is 1.46. The first-order valence-electron chi connectivity index (χ1n) is 3.76. The van der Waals surface area contributed by atoms with Crippen LogP contribution in [0.15, 0.2) is 0 Å². The number of halogens is 2. The molecule has 0 aromatic carbocycles. The van der Waals surface area contributed by atoms with Crippen molar-refractivity contribution in [3.63, 3.8) is 0 Å². The van der Waals surface area contributed by atoms with E-state index in [4.69, 9.17) is 27.9 Å². The van der Waals surface area contributed by atoms with E-state index in [9.17, 15) is 4.79 Å². The molecule has 0 bridgehead atoms. The van der Waals surface area contributed by atoms with E-state index in [1.807, 2.05) is 13.8 Å². The highest BCUT2D eigenvalue weighted by molar-refractivity contribution is 6.61. The third-order valence-corrected chi connectivity index (χ3v) is 3.99. The Bertz CT molecular complexity index is 211. The first-order valence-corrected chi connectivity index (χ1v) is 4.52. The van der Waals surface area contributed by atoms with Crippen molar-refractivity contribution >= 4 is 29.0 Å². The van der Waals surface area contributed by atoms with Crippen molar-refractivity contribution < 1.29 is 9.53 Å². The predicted octanol–water partition coefficient (Wildman–Crippen LogP) is 2.03. The largest absolute Gasteiger partial charge is 0.384 e. The van der Waals surface area contributed by atoms with Crippen LogP contribution in [0, 0.1) is 11.3 Å². The molecular formula is C8H12Cl2O2. The molecule has 0 radical (unpaired) electrons. The number of carbonyl (C=O) groups is 1. The Labute approximate surface area is 82.2 Å². The minimum absolute atomic E-state index is 0.127. The van der Waals surface area contributed by atoms with E-state index in [1.54, 1.807) is 7.11 Å². The number of rotatable bonds is 2. The number of hydrogen-bond acceptors (Lipinski definition) is 2. The Morgan fingerprint density at radius 1 is 1.50 bits per heavy atom. The van der Waals surface area contributed by atoms with Crippen LogP contribution in [-0.4, -0.2) is 23.8 Å². The van der Waals surface area contributed by atoms with Gasteiger partial charge in [0, 0.05) is 12.5 Å². The zero-order valence-corrected chi connectivity index (χ0v) is 8.87. The van der Waals surface area contributed by atoms with E-state index >= 15 is 0 Å². The number of carbonyl (C=O) groups excluding carboxylic acids is 1. The van der Waals surface area contributed by atoms with Crippen LogP contribution in [0.1, 0.15) is 13.8 Å². The number of alkyl halides is 2. The van der Waals surface area contributed by atoms with Gasteiger partial charge in [-0.05, 0) is 0 Å². The average molecular weight is 211 g/mol. The van der Waals surface area contributed by atoms with Crippen LogP contribution in [0.25, 0.3) is 0 Å². The zero-order chi connectivity index (χ0) is 9.57. The van der Waals surface area contributed by atoms with E-state index in [2.05, 4.69) is 0 Å². The third kappa shape index (κ3) is 1.09. The molecule has 1 rings (SSSR count). The molecule has 4 heteroatoms. The van der Waals surface area contributed by atoms with E-state index in [1.165, 1.54) is 0 Å². The minimum Gasteiger partial charge on any atom is -0.384 e. The second-order valence-electron chi connectivity index (χ2n) is 3.67. The lowest BCUT2D eigenvalue weighted by Crippen LogP contribution is -2.64. The maximum absolute atomic E-state index is 11.3. The van der Waals surface area contributed by atoms with Crippen LogP contribution >= 0.6 is 23.2 Å². The van der Waals surface area contributed by atoms with Crippen molar-refractivity contribution in [2.45, 2.75) is 18.2 Å². The Morgan fingerprint density at radius 3 is 2.33 bits per heavy atom. The average Bonchev–Trinajstić information content (AvgIpc) is 1.98. The summed E-state index contributed by atoms with van der Waals surface area (Å²) in [6.45, 7) is 4.14. The summed E-state index contributed by atoms with van der Waals surface area (Å²) in [6.07, 6.45) is 0. The summed E-state index contributed by atoms with van der Waals surface area (Å²) in [7, 11) is 1.56. The maximum atomic E-state index is 11.3. The molecule has 70 valence electrons. The smallest absolute Gasteiger partial charge is 0.182 e. The molecule has 1 atom stereocenters. The highest BCUT2D eigenvalue weighted by atomic mass is 35.5. The molecule has 2 nitrogen and oxygen atoms in total. The van der Waals surface area contributed by atoms with Gasteiger partial charge < -0.3 is 4.74 Å². The monoisotopic (exact) mass is 210 g/mol. The summed E-state index contributed by atoms with van der Waals surface area (Å²) >= 11 is 11.7. The van der Waals surface area contributed by atoms with Crippen LogP contribution in [0.2, 0.25) is 0 Å². The fourth-order valence-corrected chi connectivity index (χ4v) is 1.98. The summed E-state index contributed by atoms with van der Waals surface area (Å²) in [4.78, 5) is 11.3. The van der Waals surface area contributed by atoms with Crippen LogP contribution < -0.4 is 0 Å². The lowest BCUT2D eigenvalue weighted by Gasteiger charge is -2.52. The van der Waals surface area contributed by atoms with Crippen LogP contribution in [0.3, 0.4) is 0 Å². The Balaban J connectivity index is 2.78. The minimum atomic E-state index is -1.23. The molecule has 0 heterocycles. The van der Waals surface area contributed by atoms with Crippen molar-refractivity contribution in [2.75, 3.05) is 13.7 Å². The fraction of sp³-hybridized carbons (Fsp3) is 0.875. The first kappa shape index (κ1) is 10.3. The highest BCUT2D eigenvalue weighted by Gasteiger charge is 2.66.